The van der Waals surface area contributed by atoms with Crippen LogP contribution in [0, 0.1) is 45.3 Å². The van der Waals surface area contributed by atoms with Gasteiger partial charge in [0.05, 0.1) is 5.60 Å². The second-order valence-corrected chi connectivity index (χ2v) is 14.9. The normalized spacial score (nSPS) is 45.6. The van der Waals surface area contributed by atoms with Crippen LogP contribution in [0.2, 0.25) is 0 Å². The summed E-state index contributed by atoms with van der Waals surface area (Å²) in [5.74, 6) is 2.90. The molecule has 0 aromatic heterocycles. The second-order valence-electron chi connectivity index (χ2n) is 14.9. The van der Waals surface area contributed by atoms with Gasteiger partial charge in [-0.3, -0.25) is 0 Å². The summed E-state index contributed by atoms with van der Waals surface area (Å²) in [6.07, 6.45) is 20.9. The summed E-state index contributed by atoms with van der Waals surface area (Å²) in [6.45, 7) is 21.5. The maximum Gasteiger partial charge on any atom is 0.0653 e. The fourth-order valence-electron chi connectivity index (χ4n) is 10.8. The topological polar surface area (TPSA) is 20.2 Å². The van der Waals surface area contributed by atoms with Crippen LogP contribution in [0.25, 0.3) is 0 Å². The van der Waals surface area contributed by atoms with E-state index in [1.54, 1.807) is 0 Å². The fourth-order valence-corrected chi connectivity index (χ4v) is 10.8. The third-order valence-corrected chi connectivity index (χ3v) is 12.8. The number of aliphatic hydroxyl groups is 1. The Morgan fingerprint density at radius 2 is 1.62 bits per heavy atom. The van der Waals surface area contributed by atoms with Crippen molar-refractivity contribution in [2.45, 2.75) is 138 Å². The Labute approximate surface area is 212 Å². The minimum Gasteiger partial charge on any atom is -0.390 e. The minimum absolute atomic E-state index is 0.385. The van der Waals surface area contributed by atoms with E-state index in [-0.39, 0.29) is 0 Å². The van der Waals surface area contributed by atoms with Gasteiger partial charge in [-0.15, -0.1) is 6.58 Å². The average Bonchev–Trinajstić information content (AvgIpc) is 3.11. The molecule has 0 bridgehead atoms. The monoisotopic (exact) mass is 468 g/mol. The van der Waals surface area contributed by atoms with E-state index in [0.717, 1.165) is 37.5 Å². The van der Waals surface area contributed by atoms with Gasteiger partial charge in [0, 0.05) is 0 Å². The van der Waals surface area contributed by atoms with Crippen LogP contribution in [-0.2, 0) is 0 Å². The molecule has 1 N–H and O–H groups in total. The lowest BCUT2D eigenvalue weighted by molar-refractivity contribution is -0.208. The molecule has 8 atom stereocenters. The zero-order chi connectivity index (χ0) is 25.0. The van der Waals surface area contributed by atoms with Crippen molar-refractivity contribution in [3.8, 4) is 0 Å². The highest BCUT2D eigenvalue weighted by Crippen LogP contribution is 2.75. The Morgan fingerprint density at radius 1 is 0.912 bits per heavy atom. The smallest absolute Gasteiger partial charge is 0.0653 e. The van der Waals surface area contributed by atoms with Crippen molar-refractivity contribution in [3.63, 3.8) is 0 Å². The van der Waals surface area contributed by atoms with Gasteiger partial charge in [-0.25, -0.2) is 0 Å². The van der Waals surface area contributed by atoms with E-state index in [1.165, 1.54) is 63.4 Å². The molecule has 0 aromatic carbocycles. The number of hydrogen-bond acceptors (Lipinski definition) is 1. The third kappa shape index (κ3) is 4.09. The Bertz CT molecular complexity index is 788. The summed E-state index contributed by atoms with van der Waals surface area (Å²) in [5, 5.41) is 11.8. The van der Waals surface area contributed by atoms with Crippen molar-refractivity contribution in [3.05, 3.63) is 24.3 Å². The number of fused-ring (bicyclic) bond motifs is 5. The molecule has 0 aromatic rings. The Morgan fingerprint density at radius 3 is 2.32 bits per heavy atom. The molecule has 0 radical (unpaired) electrons. The quantitative estimate of drug-likeness (QED) is 0.369. The van der Waals surface area contributed by atoms with Crippen LogP contribution in [0.1, 0.15) is 132 Å². The highest BCUT2D eigenvalue weighted by atomic mass is 16.3. The lowest BCUT2D eigenvalue weighted by atomic mass is 9.35. The summed E-state index contributed by atoms with van der Waals surface area (Å²) >= 11 is 0. The molecule has 194 valence electrons. The van der Waals surface area contributed by atoms with E-state index in [4.69, 9.17) is 0 Å². The second kappa shape index (κ2) is 9.08. The fraction of sp³-hybridized carbons (Fsp3) is 0.879. The first-order chi connectivity index (χ1) is 15.8. The standard InChI is InChI=1S/C33H56O/c1-9-10-13-24(2)14-11-21-33(8,34)26-17-22-31(6)25(26)15-16-28-30(5)20-12-19-29(3,4)27(30)18-23-32(28,31)7/h9,14,25-28,34H,1,10-13,15-23H2,2-8H3/b24-14+/t25-,26-,27+,28-,30+,31-,32-,33+/m1/s1. The molecule has 4 saturated carbocycles. The molecule has 1 heteroatoms. The number of allylic oxidation sites excluding steroid dienone is 3. The van der Waals surface area contributed by atoms with Gasteiger partial charge in [0.25, 0.3) is 0 Å². The van der Waals surface area contributed by atoms with Crippen molar-refractivity contribution >= 4 is 0 Å². The molecule has 0 amide bonds. The van der Waals surface area contributed by atoms with E-state index in [2.05, 4.69) is 61.1 Å². The lowest BCUT2D eigenvalue weighted by Crippen LogP contribution is -2.62. The molecule has 4 aliphatic carbocycles. The first-order valence-electron chi connectivity index (χ1n) is 14.8. The van der Waals surface area contributed by atoms with E-state index in [0.29, 0.717) is 33.5 Å². The first kappa shape index (κ1) is 26.5. The predicted octanol–water partition coefficient (Wildman–Crippen LogP) is 9.51. The molecule has 4 rings (SSSR count). The van der Waals surface area contributed by atoms with Crippen molar-refractivity contribution in [1.29, 1.82) is 0 Å². The lowest BCUT2D eigenvalue weighted by Gasteiger charge is -2.69. The average molecular weight is 469 g/mol. The molecule has 0 spiro atoms. The number of hydrogen-bond donors (Lipinski definition) is 1. The molecule has 0 saturated heterocycles. The summed E-state index contributed by atoms with van der Waals surface area (Å²) in [5.41, 5.74) is 2.73. The molecular formula is C33H56O. The molecule has 0 unspecified atom stereocenters. The molecule has 4 fully saturated rings. The Kier molecular flexibility index (Phi) is 7.07. The van der Waals surface area contributed by atoms with Gasteiger partial charge in [-0.05, 0) is 136 Å². The highest BCUT2D eigenvalue weighted by Gasteiger charge is 2.68. The summed E-state index contributed by atoms with van der Waals surface area (Å²) in [7, 11) is 0. The van der Waals surface area contributed by atoms with E-state index >= 15 is 0 Å². The van der Waals surface area contributed by atoms with Crippen molar-refractivity contribution in [2.24, 2.45) is 45.3 Å². The Balaban J connectivity index is 1.52. The van der Waals surface area contributed by atoms with Crippen LogP contribution < -0.4 is 0 Å². The van der Waals surface area contributed by atoms with Crippen LogP contribution in [-0.4, -0.2) is 10.7 Å². The summed E-state index contributed by atoms with van der Waals surface area (Å²) in [6, 6.07) is 0. The van der Waals surface area contributed by atoms with E-state index < -0.39 is 5.60 Å². The van der Waals surface area contributed by atoms with Crippen LogP contribution in [0.15, 0.2) is 24.3 Å². The maximum atomic E-state index is 11.8. The highest BCUT2D eigenvalue weighted by molar-refractivity contribution is 5.17. The Hall–Kier alpha value is -0.560. The molecule has 34 heavy (non-hydrogen) atoms. The molecule has 0 aliphatic heterocycles. The molecule has 0 heterocycles. The van der Waals surface area contributed by atoms with Crippen LogP contribution in [0.3, 0.4) is 0 Å². The van der Waals surface area contributed by atoms with Gasteiger partial charge in [-0.2, -0.15) is 0 Å². The summed E-state index contributed by atoms with van der Waals surface area (Å²) in [4.78, 5) is 0. The molecule has 4 aliphatic rings. The largest absolute Gasteiger partial charge is 0.390 e. The summed E-state index contributed by atoms with van der Waals surface area (Å²) < 4.78 is 0. The first-order valence-corrected chi connectivity index (χ1v) is 14.8. The van der Waals surface area contributed by atoms with Crippen LogP contribution >= 0.6 is 0 Å². The SMILES string of the molecule is C=CCC/C(C)=C/CC[C@](C)(O)[C@@H]1CC[C@]2(C)[C@@H]1CC[C@@H]1[C@@]3(C)CCCC(C)(C)[C@@H]3CC[C@]12C. The molecule has 1 nitrogen and oxygen atoms in total. The third-order valence-electron chi connectivity index (χ3n) is 12.8. The van der Waals surface area contributed by atoms with Gasteiger partial charge >= 0.3 is 0 Å². The van der Waals surface area contributed by atoms with Crippen LogP contribution in [0.5, 0.6) is 0 Å². The van der Waals surface area contributed by atoms with Crippen LogP contribution in [0.4, 0.5) is 0 Å². The van der Waals surface area contributed by atoms with Crippen molar-refractivity contribution < 1.29 is 5.11 Å². The van der Waals surface area contributed by atoms with Gasteiger partial charge < -0.3 is 5.11 Å². The van der Waals surface area contributed by atoms with Crippen molar-refractivity contribution in [1.82, 2.24) is 0 Å². The van der Waals surface area contributed by atoms with Gasteiger partial charge in [0.1, 0.15) is 0 Å². The molecular weight excluding hydrogens is 412 g/mol. The number of rotatable bonds is 7. The zero-order valence-electron chi connectivity index (χ0n) is 23.8. The zero-order valence-corrected chi connectivity index (χ0v) is 23.8. The van der Waals surface area contributed by atoms with E-state index in [9.17, 15) is 5.11 Å². The maximum absolute atomic E-state index is 11.8. The van der Waals surface area contributed by atoms with Gasteiger partial charge in [0.2, 0.25) is 0 Å². The minimum atomic E-state index is -0.547. The predicted molar refractivity (Wildman–Crippen MR) is 147 cm³/mol. The van der Waals surface area contributed by atoms with Gasteiger partial charge in [0.15, 0.2) is 0 Å². The van der Waals surface area contributed by atoms with E-state index in [1.807, 2.05) is 6.08 Å². The van der Waals surface area contributed by atoms with Crippen molar-refractivity contribution in [2.75, 3.05) is 0 Å². The van der Waals surface area contributed by atoms with Gasteiger partial charge in [-0.1, -0.05) is 58.8 Å².